The van der Waals surface area contributed by atoms with Gasteiger partial charge >= 0.3 is 0 Å². The van der Waals surface area contributed by atoms with Crippen molar-refractivity contribution in [1.29, 1.82) is 0 Å². The Morgan fingerprint density at radius 2 is 2.67 bits per heavy atom. The topological polar surface area (TPSA) is 44.1 Å². The molecule has 1 aliphatic rings. The van der Waals surface area contributed by atoms with Gasteiger partial charge in [-0.15, -0.1) is 0 Å². The second-order valence-electron chi connectivity index (χ2n) is 2.74. The lowest BCUT2D eigenvalue weighted by Gasteiger charge is -2.06. The third-order valence-electron chi connectivity index (χ3n) is 1.90. The van der Waals surface area contributed by atoms with E-state index in [2.05, 4.69) is 11.3 Å². The largest absolute Gasteiger partial charge is 0.368 e. The smallest absolute Gasteiger partial charge is 0.261 e. The van der Waals surface area contributed by atoms with Crippen molar-refractivity contribution in [3.63, 3.8) is 0 Å². The van der Waals surface area contributed by atoms with Gasteiger partial charge < -0.3 is 4.74 Å². The minimum Gasteiger partial charge on any atom is -0.368 e. The minimum atomic E-state index is -0.282. The highest BCUT2D eigenvalue weighted by Gasteiger charge is 2.24. The standard InChI is InChI=1S/C8H9N2O2/c11-8(7-2-1-5-12-7)10-4-3-9-6-10/h3-4,7H,1-2,5H2. The van der Waals surface area contributed by atoms with E-state index in [4.69, 9.17) is 4.74 Å². The SMILES string of the molecule is O=C(C1CCCO1)n1[c]ncc1. The van der Waals surface area contributed by atoms with Gasteiger partial charge in [-0.25, -0.2) is 4.98 Å². The van der Waals surface area contributed by atoms with Crippen LogP contribution in [0.2, 0.25) is 0 Å². The van der Waals surface area contributed by atoms with Gasteiger partial charge in [0.2, 0.25) is 0 Å². The van der Waals surface area contributed by atoms with Crippen molar-refractivity contribution >= 4 is 5.91 Å². The highest BCUT2D eigenvalue weighted by Crippen LogP contribution is 2.13. The molecule has 0 N–H and O–H groups in total. The lowest BCUT2D eigenvalue weighted by atomic mass is 10.2. The zero-order valence-corrected chi connectivity index (χ0v) is 6.56. The van der Waals surface area contributed by atoms with Crippen LogP contribution in [0.1, 0.15) is 17.6 Å². The van der Waals surface area contributed by atoms with Crippen LogP contribution < -0.4 is 0 Å². The minimum absolute atomic E-state index is 0.0648. The number of hydrogen-bond acceptors (Lipinski definition) is 3. The van der Waals surface area contributed by atoms with E-state index in [1.54, 1.807) is 6.20 Å². The van der Waals surface area contributed by atoms with Crippen LogP contribution in [0.3, 0.4) is 0 Å². The Morgan fingerprint density at radius 3 is 3.25 bits per heavy atom. The van der Waals surface area contributed by atoms with E-state index in [1.165, 1.54) is 10.8 Å². The molecule has 2 rings (SSSR count). The quantitative estimate of drug-likeness (QED) is 0.608. The molecule has 4 heteroatoms. The first-order valence-electron chi connectivity index (χ1n) is 3.95. The molecule has 0 amide bonds. The van der Waals surface area contributed by atoms with Crippen LogP contribution in [0.5, 0.6) is 0 Å². The normalized spacial score (nSPS) is 22.8. The Hall–Kier alpha value is -1.16. The molecular weight excluding hydrogens is 156 g/mol. The van der Waals surface area contributed by atoms with Crippen molar-refractivity contribution in [2.75, 3.05) is 6.61 Å². The van der Waals surface area contributed by atoms with E-state index < -0.39 is 0 Å². The van der Waals surface area contributed by atoms with Crippen LogP contribution in [0, 0.1) is 6.33 Å². The van der Waals surface area contributed by atoms with Gasteiger partial charge in [0, 0.05) is 19.0 Å². The summed E-state index contributed by atoms with van der Waals surface area (Å²) in [5.74, 6) is -0.0648. The lowest BCUT2D eigenvalue weighted by Crippen LogP contribution is -2.24. The van der Waals surface area contributed by atoms with Crippen LogP contribution in [0.4, 0.5) is 0 Å². The van der Waals surface area contributed by atoms with Gasteiger partial charge in [-0.3, -0.25) is 9.36 Å². The molecule has 1 saturated heterocycles. The van der Waals surface area contributed by atoms with Gasteiger partial charge in [-0.1, -0.05) is 0 Å². The summed E-state index contributed by atoms with van der Waals surface area (Å²) in [5, 5.41) is 0. The number of aromatic nitrogens is 2. The van der Waals surface area contributed by atoms with Crippen molar-refractivity contribution in [3.8, 4) is 0 Å². The molecule has 1 aromatic rings. The van der Waals surface area contributed by atoms with Crippen molar-refractivity contribution in [1.82, 2.24) is 9.55 Å². The average molecular weight is 165 g/mol. The fourth-order valence-electron chi connectivity index (χ4n) is 1.28. The molecule has 0 spiro atoms. The summed E-state index contributed by atoms with van der Waals surface area (Å²) >= 11 is 0. The third-order valence-corrected chi connectivity index (χ3v) is 1.90. The Morgan fingerprint density at radius 1 is 1.75 bits per heavy atom. The van der Waals surface area contributed by atoms with Crippen LogP contribution in [0.15, 0.2) is 12.4 Å². The van der Waals surface area contributed by atoms with E-state index in [-0.39, 0.29) is 12.0 Å². The highest BCUT2D eigenvalue weighted by molar-refractivity contribution is 5.83. The molecule has 0 saturated carbocycles. The number of carbonyl (C=O) groups excluding carboxylic acids is 1. The second-order valence-corrected chi connectivity index (χ2v) is 2.74. The molecule has 1 fully saturated rings. The lowest BCUT2D eigenvalue weighted by molar-refractivity contribution is 0.0553. The Kier molecular flexibility index (Phi) is 1.91. The van der Waals surface area contributed by atoms with Gasteiger partial charge in [0.25, 0.3) is 5.91 Å². The molecule has 63 valence electrons. The summed E-state index contributed by atoms with van der Waals surface area (Å²) < 4.78 is 6.56. The first-order valence-corrected chi connectivity index (χ1v) is 3.95. The second kappa shape index (κ2) is 3.06. The average Bonchev–Trinajstić information content (AvgIpc) is 2.77. The summed E-state index contributed by atoms with van der Waals surface area (Å²) in [7, 11) is 0. The van der Waals surface area contributed by atoms with Crippen molar-refractivity contribution < 1.29 is 9.53 Å². The van der Waals surface area contributed by atoms with E-state index in [9.17, 15) is 4.79 Å². The highest BCUT2D eigenvalue weighted by atomic mass is 16.5. The van der Waals surface area contributed by atoms with E-state index in [0.29, 0.717) is 6.61 Å². The van der Waals surface area contributed by atoms with Crippen LogP contribution in [-0.4, -0.2) is 28.2 Å². The molecule has 2 heterocycles. The van der Waals surface area contributed by atoms with Crippen LogP contribution >= 0.6 is 0 Å². The summed E-state index contributed by atoms with van der Waals surface area (Å²) in [6, 6.07) is 0. The maximum Gasteiger partial charge on any atom is 0.261 e. The zero-order valence-electron chi connectivity index (χ0n) is 6.56. The van der Waals surface area contributed by atoms with Crippen molar-refractivity contribution in [3.05, 3.63) is 18.7 Å². The zero-order chi connectivity index (χ0) is 8.39. The third kappa shape index (κ3) is 1.25. The van der Waals surface area contributed by atoms with Crippen LogP contribution in [0.25, 0.3) is 0 Å². The molecule has 4 nitrogen and oxygen atoms in total. The van der Waals surface area contributed by atoms with Gasteiger partial charge in [-0.2, -0.15) is 0 Å². The Labute approximate surface area is 70.2 Å². The first kappa shape index (κ1) is 7.49. The summed E-state index contributed by atoms with van der Waals surface area (Å²) in [6.45, 7) is 0.686. The van der Waals surface area contributed by atoms with Gasteiger partial charge in [0.15, 0.2) is 6.33 Å². The monoisotopic (exact) mass is 165 g/mol. The molecular formula is C8H9N2O2. The van der Waals surface area contributed by atoms with E-state index in [0.717, 1.165) is 12.8 Å². The van der Waals surface area contributed by atoms with Crippen molar-refractivity contribution in [2.24, 2.45) is 0 Å². The van der Waals surface area contributed by atoms with Gasteiger partial charge in [0.1, 0.15) is 6.10 Å². The predicted octanol–water partition coefficient (Wildman–Crippen LogP) is 0.502. The number of imidazole rings is 1. The Bertz CT molecular complexity index is 263. The molecule has 0 aromatic carbocycles. The van der Waals surface area contributed by atoms with Crippen LogP contribution in [-0.2, 0) is 4.74 Å². The maximum absolute atomic E-state index is 11.5. The number of carbonyl (C=O) groups is 1. The molecule has 1 aromatic heterocycles. The molecule has 0 bridgehead atoms. The summed E-state index contributed by atoms with van der Waals surface area (Å²) in [4.78, 5) is 15.2. The fourth-order valence-corrected chi connectivity index (χ4v) is 1.28. The molecule has 0 aliphatic carbocycles. The maximum atomic E-state index is 11.5. The number of ether oxygens (including phenoxy) is 1. The summed E-state index contributed by atoms with van der Waals surface area (Å²) in [6.07, 6.45) is 7.16. The first-order chi connectivity index (χ1) is 5.88. The summed E-state index contributed by atoms with van der Waals surface area (Å²) in [5.41, 5.74) is 0. The molecule has 1 aliphatic heterocycles. The molecule has 1 radical (unpaired) electrons. The van der Waals surface area contributed by atoms with Gasteiger partial charge in [-0.05, 0) is 12.8 Å². The number of nitrogens with zero attached hydrogens (tertiary/aromatic N) is 2. The number of hydrogen-bond donors (Lipinski definition) is 0. The van der Waals surface area contributed by atoms with Crippen molar-refractivity contribution in [2.45, 2.75) is 18.9 Å². The van der Waals surface area contributed by atoms with E-state index >= 15 is 0 Å². The predicted molar refractivity (Wildman–Crippen MR) is 40.7 cm³/mol. The molecule has 1 unspecified atom stereocenters. The number of rotatable bonds is 1. The molecule has 12 heavy (non-hydrogen) atoms. The fraction of sp³-hybridized carbons (Fsp3) is 0.500. The molecule has 1 atom stereocenters. The van der Waals surface area contributed by atoms with E-state index in [1.807, 2.05) is 0 Å². The van der Waals surface area contributed by atoms with Gasteiger partial charge in [0.05, 0.1) is 0 Å². The Balaban J connectivity index is 2.09.